The van der Waals surface area contributed by atoms with Gasteiger partial charge in [-0.05, 0) is 24.1 Å². The van der Waals surface area contributed by atoms with Gasteiger partial charge in [-0.15, -0.1) is 0 Å². The van der Waals surface area contributed by atoms with Gasteiger partial charge >= 0.3 is 0 Å². The van der Waals surface area contributed by atoms with Crippen LogP contribution in [-0.2, 0) is 0 Å². The molecule has 0 saturated carbocycles. The number of halogens is 2. The van der Waals surface area contributed by atoms with Crippen LogP contribution >= 0.6 is 23.2 Å². The first-order chi connectivity index (χ1) is 10.1. The quantitative estimate of drug-likeness (QED) is 0.744. The van der Waals surface area contributed by atoms with Crippen molar-refractivity contribution in [2.24, 2.45) is 0 Å². The molecule has 0 bridgehead atoms. The second kappa shape index (κ2) is 5.58. The molecule has 1 aromatic heterocycles. The molecule has 2 N–H and O–H groups in total. The summed E-state index contributed by atoms with van der Waals surface area (Å²) in [7, 11) is 0. The van der Waals surface area contributed by atoms with E-state index in [0.717, 1.165) is 17.5 Å². The zero-order chi connectivity index (χ0) is 15.0. The second-order valence-electron chi connectivity index (χ2n) is 4.93. The highest BCUT2D eigenvalue weighted by atomic mass is 35.5. The van der Waals surface area contributed by atoms with Crippen molar-refractivity contribution in [3.63, 3.8) is 0 Å². The third-order valence-corrected chi connectivity index (χ3v) is 4.36. The van der Waals surface area contributed by atoms with Gasteiger partial charge in [0.25, 0.3) is 0 Å². The molecule has 0 spiro atoms. The highest BCUT2D eigenvalue weighted by Gasteiger charge is 2.19. The number of anilines is 1. The van der Waals surface area contributed by atoms with E-state index in [4.69, 9.17) is 28.9 Å². The summed E-state index contributed by atoms with van der Waals surface area (Å²) in [5, 5.41) is 0.995. The molecular formula is C16H15Cl2N3. The number of aromatic nitrogens is 2. The third kappa shape index (κ3) is 2.47. The molecule has 108 valence electrons. The lowest BCUT2D eigenvalue weighted by Crippen LogP contribution is -2.12. The molecule has 0 radical (unpaired) electrons. The van der Waals surface area contributed by atoms with Crippen molar-refractivity contribution in [2.75, 3.05) is 5.73 Å². The van der Waals surface area contributed by atoms with E-state index in [9.17, 15) is 0 Å². The number of hydrogen-bond acceptors (Lipinski definition) is 2. The lowest BCUT2D eigenvalue weighted by molar-refractivity contribution is 0.589. The molecule has 3 nitrogen and oxygen atoms in total. The Labute approximate surface area is 133 Å². The molecule has 0 saturated heterocycles. The fraction of sp³-hybridized carbons (Fsp3) is 0.188. The van der Waals surface area contributed by atoms with Crippen molar-refractivity contribution in [2.45, 2.75) is 19.4 Å². The van der Waals surface area contributed by atoms with Gasteiger partial charge in [0.2, 0.25) is 5.95 Å². The van der Waals surface area contributed by atoms with Crippen LogP contribution in [0.25, 0.3) is 11.0 Å². The monoisotopic (exact) mass is 319 g/mol. The Morgan fingerprint density at radius 3 is 2.48 bits per heavy atom. The van der Waals surface area contributed by atoms with Gasteiger partial charge in [0.15, 0.2) is 0 Å². The Balaban J connectivity index is 2.23. The fourth-order valence-corrected chi connectivity index (χ4v) is 2.99. The van der Waals surface area contributed by atoms with Crippen molar-refractivity contribution in [1.29, 1.82) is 0 Å². The predicted molar refractivity (Wildman–Crippen MR) is 89.0 cm³/mol. The smallest absolute Gasteiger partial charge is 0.201 e. The van der Waals surface area contributed by atoms with Gasteiger partial charge < -0.3 is 10.3 Å². The van der Waals surface area contributed by atoms with Gasteiger partial charge in [0, 0.05) is 0 Å². The van der Waals surface area contributed by atoms with Crippen LogP contribution in [0.5, 0.6) is 0 Å². The van der Waals surface area contributed by atoms with Crippen LogP contribution in [0.1, 0.15) is 24.9 Å². The normalized spacial score (nSPS) is 12.7. The topological polar surface area (TPSA) is 43.8 Å². The number of rotatable bonds is 3. The first-order valence-corrected chi connectivity index (χ1v) is 7.54. The van der Waals surface area contributed by atoms with Gasteiger partial charge in [0.1, 0.15) is 0 Å². The van der Waals surface area contributed by atoms with Crippen molar-refractivity contribution in [3.8, 4) is 0 Å². The molecule has 0 aliphatic heterocycles. The maximum atomic E-state index is 6.15. The lowest BCUT2D eigenvalue weighted by Gasteiger charge is -2.19. The maximum Gasteiger partial charge on any atom is 0.201 e. The van der Waals surface area contributed by atoms with Crippen molar-refractivity contribution in [1.82, 2.24) is 9.55 Å². The minimum atomic E-state index is 0.119. The number of nitrogens with two attached hydrogens (primary N) is 1. The first-order valence-electron chi connectivity index (χ1n) is 6.79. The molecular weight excluding hydrogens is 305 g/mol. The lowest BCUT2D eigenvalue weighted by atomic mass is 10.0. The summed E-state index contributed by atoms with van der Waals surface area (Å²) in [4.78, 5) is 4.41. The van der Waals surface area contributed by atoms with Crippen LogP contribution in [0, 0.1) is 0 Å². The van der Waals surface area contributed by atoms with E-state index in [1.807, 2.05) is 28.8 Å². The first kappa shape index (κ1) is 14.2. The molecule has 0 aliphatic rings. The Bertz CT molecular complexity index is 781. The van der Waals surface area contributed by atoms with Gasteiger partial charge in [-0.1, -0.05) is 60.5 Å². The van der Waals surface area contributed by atoms with Crippen LogP contribution in [-0.4, -0.2) is 9.55 Å². The average Bonchev–Trinajstić information content (AvgIpc) is 2.78. The molecule has 2 aromatic carbocycles. The minimum Gasteiger partial charge on any atom is -0.369 e. The summed E-state index contributed by atoms with van der Waals surface area (Å²) in [5.74, 6) is 0.471. The van der Waals surface area contributed by atoms with E-state index in [0.29, 0.717) is 16.0 Å². The summed E-state index contributed by atoms with van der Waals surface area (Å²) in [6.45, 7) is 2.13. The molecule has 0 aliphatic carbocycles. The molecule has 5 heteroatoms. The second-order valence-corrected chi connectivity index (χ2v) is 5.74. The predicted octanol–water partition coefficient (Wildman–Crippen LogP) is 4.92. The Morgan fingerprint density at radius 1 is 1.14 bits per heavy atom. The van der Waals surface area contributed by atoms with Crippen LogP contribution in [0.3, 0.4) is 0 Å². The van der Waals surface area contributed by atoms with Crippen molar-refractivity contribution in [3.05, 3.63) is 58.1 Å². The minimum absolute atomic E-state index is 0.119. The zero-order valence-corrected chi connectivity index (χ0v) is 13.1. The SMILES string of the molecule is CCC(c1ccccc1)n1c(N)nc2cc(Cl)c(Cl)cc21. The maximum absolute atomic E-state index is 6.15. The summed E-state index contributed by atoms with van der Waals surface area (Å²) < 4.78 is 2.02. The summed E-state index contributed by atoms with van der Waals surface area (Å²) >= 11 is 12.2. The van der Waals surface area contributed by atoms with Gasteiger partial charge in [-0.25, -0.2) is 4.98 Å². The highest BCUT2D eigenvalue weighted by Crippen LogP contribution is 2.33. The van der Waals surface area contributed by atoms with Crippen molar-refractivity contribution >= 4 is 40.2 Å². The number of benzene rings is 2. The average molecular weight is 320 g/mol. The molecule has 21 heavy (non-hydrogen) atoms. The zero-order valence-electron chi connectivity index (χ0n) is 11.6. The molecule has 1 heterocycles. The fourth-order valence-electron chi connectivity index (χ4n) is 2.68. The third-order valence-electron chi connectivity index (χ3n) is 3.64. The van der Waals surface area contributed by atoms with E-state index in [-0.39, 0.29) is 6.04 Å². The number of nitrogens with zero attached hydrogens (tertiary/aromatic N) is 2. The standard InChI is InChI=1S/C16H15Cl2N3/c1-2-14(10-6-4-3-5-7-10)21-15-9-12(18)11(17)8-13(15)20-16(21)19/h3-9,14H,2H2,1H3,(H2,19,20). The van der Waals surface area contributed by atoms with Gasteiger partial charge in [-0.3, -0.25) is 0 Å². The van der Waals surface area contributed by atoms with E-state index in [1.165, 1.54) is 5.56 Å². The Morgan fingerprint density at radius 2 is 1.81 bits per heavy atom. The molecule has 3 aromatic rings. The molecule has 0 fully saturated rings. The van der Waals surface area contributed by atoms with Gasteiger partial charge in [-0.2, -0.15) is 0 Å². The van der Waals surface area contributed by atoms with E-state index in [2.05, 4.69) is 24.0 Å². The molecule has 1 atom stereocenters. The van der Waals surface area contributed by atoms with E-state index >= 15 is 0 Å². The van der Waals surface area contributed by atoms with E-state index < -0.39 is 0 Å². The number of nitrogen functional groups attached to an aromatic ring is 1. The highest BCUT2D eigenvalue weighted by molar-refractivity contribution is 6.42. The number of fused-ring (bicyclic) bond motifs is 1. The number of imidazole rings is 1. The summed E-state index contributed by atoms with van der Waals surface area (Å²) in [6, 6.07) is 13.9. The van der Waals surface area contributed by atoms with Crippen molar-refractivity contribution < 1.29 is 0 Å². The molecule has 1 unspecified atom stereocenters. The van der Waals surface area contributed by atoms with E-state index in [1.54, 1.807) is 6.07 Å². The van der Waals surface area contributed by atoms with Crippen LogP contribution in [0.2, 0.25) is 10.0 Å². The summed E-state index contributed by atoms with van der Waals surface area (Å²) in [5.41, 5.74) is 8.99. The summed E-state index contributed by atoms with van der Waals surface area (Å²) in [6.07, 6.45) is 0.903. The molecule has 0 amide bonds. The molecule has 3 rings (SSSR count). The Kier molecular flexibility index (Phi) is 3.79. The van der Waals surface area contributed by atoms with Crippen LogP contribution in [0.4, 0.5) is 5.95 Å². The van der Waals surface area contributed by atoms with Crippen LogP contribution in [0.15, 0.2) is 42.5 Å². The van der Waals surface area contributed by atoms with Gasteiger partial charge in [0.05, 0.1) is 27.1 Å². The largest absolute Gasteiger partial charge is 0.369 e. The Hall–Kier alpha value is -1.71. The number of hydrogen-bond donors (Lipinski definition) is 1. The van der Waals surface area contributed by atoms with Crippen LogP contribution < -0.4 is 5.73 Å².